The number of fused-ring (bicyclic) bond motifs is 1. The molecule has 1 nitrogen and oxygen atoms in total. The van der Waals surface area contributed by atoms with Crippen molar-refractivity contribution in [3.8, 4) is 11.1 Å². The van der Waals surface area contributed by atoms with Crippen molar-refractivity contribution >= 4 is 0 Å². The highest BCUT2D eigenvalue weighted by Crippen LogP contribution is 2.42. The fourth-order valence-corrected chi connectivity index (χ4v) is 3.58. The minimum Gasteiger partial charge on any atom is -0.312 e. The van der Waals surface area contributed by atoms with E-state index in [0.717, 1.165) is 25.4 Å². The molecule has 1 heterocycles. The highest BCUT2D eigenvalue weighted by molar-refractivity contribution is 5.73. The van der Waals surface area contributed by atoms with Crippen LogP contribution in [0.1, 0.15) is 41.9 Å². The van der Waals surface area contributed by atoms with Crippen LogP contribution in [0.5, 0.6) is 0 Å². The first kappa shape index (κ1) is 12.2. The van der Waals surface area contributed by atoms with E-state index in [1.807, 2.05) is 0 Å². The fourth-order valence-electron chi connectivity index (χ4n) is 3.58. The summed E-state index contributed by atoms with van der Waals surface area (Å²) < 4.78 is 0. The smallest absolute Gasteiger partial charge is 0.0214 e. The molecule has 4 rings (SSSR count). The first-order valence-electron chi connectivity index (χ1n) is 7.84. The summed E-state index contributed by atoms with van der Waals surface area (Å²) in [5, 5.41) is 3.53. The molecule has 1 heteroatoms. The van der Waals surface area contributed by atoms with Crippen molar-refractivity contribution in [3.05, 3.63) is 59.2 Å². The van der Waals surface area contributed by atoms with Gasteiger partial charge in [0.25, 0.3) is 0 Å². The fraction of sp³-hybridized carbons (Fsp3) is 0.368. The lowest BCUT2D eigenvalue weighted by atomic mass is 9.76. The molecule has 0 radical (unpaired) electrons. The molecule has 1 saturated carbocycles. The van der Waals surface area contributed by atoms with E-state index in [0.29, 0.717) is 0 Å². The molecule has 2 aromatic rings. The van der Waals surface area contributed by atoms with Gasteiger partial charge in [-0.1, -0.05) is 48.9 Å². The molecule has 0 spiro atoms. The summed E-state index contributed by atoms with van der Waals surface area (Å²) in [7, 11) is 0. The second kappa shape index (κ2) is 5.06. The summed E-state index contributed by atoms with van der Waals surface area (Å²) in [5.74, 6) is 0.790. The van der Waals surface area contributed by atoms with Gasteiger partial charge in [0.05, 0.1) is 0 Å². The van der Waals surface area contributed by atoms with Crippen LogP contribution in [0.15, 0.2) is 42.5 Å². The SMILES string of the molecule is c1ccc(C2CCC2)c(-c2cccc3c2CNCC3)c1. The van der Waals surface area contributed by atoms with Crippen LogP contribution in [0.2, 0.25) is 0 Å². The Morgan fingerprint density at radius 1 is 0.900 bits per heavy atom. The van der Waals surface area contributed by atoms with Crippen molar-refractivity contribution < 1.29 is 0 Å². The summed E-state index contributed by atoms with van der Waals surface area (Å²) in [6.45, 7) is 2.13. The molecule has 0 unspecified atom stereocenters. The van der Waals surface area contributed by atoms with Gasteiger partial charge in [-0.05, 0) is 59.5 Å². The molecule has 2 aromatic carbocycles. The molecular weight excluding hydrogens is 242 g/mol. The van der Waals surface area contributed by atoms with E-state index in [4.69, 9.17) is 0 Å². The van der Waals surface area contributed by atoms with Gasteiger partial charge in [0.15, 0.2) is 0 Å². The zero-order valence-electron chi connectivity index (χ0n) is 11.9. The van der Waals surface area contributed by atoms with Crippen LogP contribution in [-0.2, 0) is 13.0 Å². The Morgan fingerprint density at radius 3 is 2.60 bits per heavy atom. The number of hydrogen-bond donors (Lipinski definition) is 1. The van der Waals surface area contributed by atoms with Crippen molar-refractivity contribution in [2.24, 2.45) is 0 Å². The van der Waals surface area contributed by atoms with Crippen LogP contribution in [0, 0.1) is 0 Å². The third-order valence-corrected chi connectivity index (χ3v) is 4.94. The Labute approximate surface area is 121 Å². The van der Waals surface area contributed by atoms with Gasteiger partial charge in [0.2, 0.25) is 0 Å². The van der Waals surface area contributed by atoms with Crippen molar-refractivity contribution in [1.82, 2.24) is 5.32 Å². The monoisotopic (exact) mass is 263 g/mol. The largest absolute Gasteiger partial charge is 0.312 e. The van der Waals surface area contributed by atoms with Gasteiger partial charge in [-0.25, -0.2) is 0 Å². The lowest BCUT2D eigenvalue weighted by Crippen LogP contribution is -2.24. The van der Waals surface area contributed by atoms with Crippen LogP contribution in [0.4, 0.5) is 0 Å². The number of benzene rings is 2. The van der Waals surface area contributed by atoms with Crippen molar-refractivity contribution in [2.45, 2.75) is 38.1 Å². The summed E-state index contributed by atoms with van der Waals surface area (Å²) in [6.07, 6.45) is 5.29. The Balaban J connectivity index is 1.85. The maximum Gasteiger partial charge on any atom is 0.0214 e. The highest BCUT2D eigenvalue weighted by Gasteiger charge is 2.23. The molecule has 1 N–H and O–H groups in total. The quantitative estimate of drug-likeness (QED) is 0.853. The van der Waals surface area contributed by atoms with Gasteiger partial charge in [-0.3, -0.25) is 0 Å². The van der Waals surface area contributed by atoms with Gasteiger partial charge in [0.1, 0.15) is 0 Å². The predicted molar refractivity (Wildman–Crippen MR) is 83.9 cm³/mol. The Hall–Kier alpha value is -1.60. The van der Waals surface area contributed by atoms with Crippen LogP contribution < -0.4 is 5.32 Å². The molecule has 0 aromatic heterocycles. The molecule has 20 heavy (non-hydrogen) atoms. The Kier molecular flexibility index (Phi) is 3.08. The van der Waals surface area contributed by atoms with Gasteiger partial charge in [0, 0.05) is 6.54 Å². The molecule has 1 aliphatic heterocycles. The third-order valence-electron chi connectivity index (χ3n) is 4.94. The average molecular weight is 263 g/mol. The summed E-state index contributed by atoms with van der Waals surface area (Å²) in [6, 6.07) is 15.9. The van der Waals surface area contributed by atoms with E-state index in [2.05, 4.69) is 47.8 Å². The normalized spacial score (nSPS) is 18.4. The maximum atomic E-state index is 3.53. The second-order valence-corrected chi connectivity index (χ2v) is 6.09. The Bertz CT molecular complexity index is 625. The average Bonchev–Trinajstić information content (AvgIpc) is 2.46. The highest BCUT2D eigenvalue weighted by atomic mass is 14.9. The molecule has 1 fully saturated rings. The molecule has 0 amide bonds. The summed E-state index contributed by atoms with van der Waals surface area (Å²) in [5.41, 5.74) is 7.54. The standard InChI is InChI=1S/C19H21N/c1-2-9-17(16(8-1)14-5-3-6-14)18-10-4-7-15-11-12-20-13-19(15)18/h1-2,4,7-10,14,20H,3,5-6,11-13H2. The lowest BCUT2D eigenvalue weighted by molar-refractivity contribution is 0.420. The van der Waals surface area contributed by atoms with Gasteiger partial charge >= 0.3 is 0 Å². The molecule has 2 aliphatic rings. The second-order valence-electron chi connectivity index (χ2n) is 6.09. The van der Waals surface area contributed by atoms with Crippen LogP contribution >= 0.6 is 0 Å². The molecule has 0 saturated heterocycles. The molecular formula is C19H21N. The van der Waals surface area contributed by atoms with E-state index in [1.54, 1.807) is 5.56 Å². The Morgan fingerprint density at radius 2 is 1.75 bits per heavy atom. The zero-order valence-corrected chi connectivity index (χ0v) is 11.9. The molecule has 1 aliphatic carbocycles. The summed E-state index contributed by atoms with van der Waals surface area (Å²) in [4.78, 5) is 0. The third kappa shape index (κ3) is 1.97. The number of hydrogen-bond acceptors (Lipinski definition) is 1. The number of nitrogens with one attached hydrogen (secondary N) is 1. The van der Waals surface area contributed by atoms with E-state index in [-0.39, 0.29) is 0 Å². The minimum atomic E-state index is 0.790. The van der Waals surface area contributed by atoms with Crippen LogP contribution in [0.25, 0.3) is 11.1 Å². The van der Waals surface area contributed by atoms with Crippen molar-refractivity contribution in [1.29, 1.82) is 0 Å². The van der Waals surface area contributed by atoms with Gasteiger partial charge < -0.3 is 5.32 Å². The molecule has 102 valence electrons. The summed E-state index contributed by atoms with van der Waals surface area (Å²) >= 11 is 0. The molecule has 0 bridgehead atoms. The van der Waals surface area contributed by atoms with Crippen molar-refractivity contribution in [3.63, 3.8) is 0 Å². The topological polar surface area (TPSA) is 12.0 Å². The zero-order chi connectivity index (χ0) is 13.4. The first-order valence-corrected chi connectivity index (χ1v) is 7.84. The van der Waals surface area contributed by atoms with E-state index in [1.165, 1.54) is 41.5 Å². The maximum absolute atomic E-state index is 3.53. The van der Waals surface area contributed by atoms with E-state index >= 15 is 0 Å². The van der Waals surface area contributed by atoms with Crippen LogP contribution in [-0.4, -0.2) is 6.54 Å². The van der Waals surface area contributed by atoms with Gasteiger partial charge in [-0.15, -0.1) is 0 Å². The van der Waals surface area contributed by atoms with E-state index in [9.17, 15) is 0 Å². The first-order chi connectivity index (χ1) is 9.93. The van der Waals surface area contributed by atoms with Crippen LogP contribution in [0.3, 0.4) is 0 Å². The minimum absolute atomic E-state index is 0.790. The lowest BCUT2D eigenvalue weighted by Gasteiger charge is -2.29. The van der Waals surface area contributed by atoms with E-state index < -0.39 is 0 Å². The predicted octanol–water partition coefficient (Wildman–Crippen LogP) is 4.27. The van der Waals surface area contributed by atoms with Gasteiger partial charge in [-0.2, -0.15) is 0 Å². The molecule has 0 atom stereocenters. The van der Waals surface area contributed by atoms with Crippen molar-refractivity contribution in [2.75, 3.05) is 6.54 Å². The number of rotatable bonds is 2.